The van der Waals surface area contributed by atoms with Crippen LogP contribution in [0, 0.1) is 11.8 Å². The Hall–Kier alpha value is -1.23. The van der Waals surface area contributed by atoms with Gasteiger partial charge in [-0.3, -0.25) is 4.79 Å². The van der Waals surface area contributed by atoms with Crippen LogP contribution < -0.4 is 10.6 Å². The van der Waals surface area contributed by atoms with Crippen molar-refractivity contribution in [1.29, 1.82) is 0 Å². The molecule has 0 aromatic heterocycles. The topological polar surface area (TPSA) is 78.4 Å². The fourth-order valence-corrected chi connectivity index (χ4v) is 2.14. The lowest BCUT2D eigenvalue weighted by atomic mass is 9.96. The van der Waals surface area contributed by atoms with Crippen LogP contribution in [0.4, 0.5) is 4.79 Å². The molecule has 1 saturated carbocycles. The van der Waals surface area contributed by atoms with Crippen molar-refractivity contribution in [3.63, 3.8) is 0 Å². The lowest BCUT2D eigenvalue weighted by Gasteiger charge is -2.16. The van der Waals surface area contributed by atoms with Crippen molar-refractivity contribution < 1.29 is 14.7 Å². The maximum atomic E-state index is 11.3. The van der Waals surface area contributed by atoms with Crippen LogP contribution in [0.1, 0.15) is 19.3 Å². The molecular weight excluding hydrogens is 244 g/mol. The number of aliphatic carboxylic acids is 1. The van der Waals surface area contributed by atoms with E-state index in [4.69, 9.17) is 16.7 Å². The largest absolute Gasteiger partial charge is 0.481 e. The second-order valence-electron chi connectivity index (χ2n) is 4.22. The molecule has 6 heteroatoms. The Morgan fingerprint density at radius 1 is 1.35 bits per heavy atom. The molecule has 1 fully saturated rings. The minimum absolute atomic E-state index is 0.0254. The Balaban J connectivity index is 2.27. The van der Waals surface area contributed by atoms with E-state index in [0.717, 1.165) is 12.8 Å². The summed E-state index contributed by atoms with van der Waals surface area (Å²) in [5.74, 6) is -1.08. The van der Waals surface area contributed by atoms with E-state index >= 15 is 0 Å². The number of carbonyl (C=O) groups is 2. The number of urea groups is 1. The summed E-state index contributed by atoms with van der Waals surface area (Å²) >= 11 is 5.50. The fourth-order valence-electron chi connectivity index (χ4n) is 2.07. The van der Waals surface area contributed by atoms with Gasteiger partial charge in [-0.25, -0.2) is 4.79 Å². The zero-order valence-corrected chi connectivity index (χ0v) is 10.3. The molecule has 1 aliphatic rings. The van der Waals surface area contributed by atoms with Gasteiger partial charge in [-0.05, 0) is 18.8 Å². The third-order valence-electron chi connectivity index (χ3n) is 2.94. The van der Waals surface area contributed by atoms with E-state index in [0.29, 0.717) is 18.0 Å². The molecule has 0 spiro atoms. The van der Waals surface area contributed by atoms with E-state index in [1.165, 1.54) is 0 Å². The quantitative estimate of drug-likeness (QED) is 0.702. The van der Waals surface area contributed by atoms with Crippen molar-refractivity contribution in [2.45, 2.75) is 19.3 Å². The first-order valence-corrected chi connectivity index (χ1v) is 5.96. The second-order valence-corrected chi connectivity index (χ2v) is 4.75. The molecule has 0 saturated heterocycles. The maximum absolute atomic E-state index is 11.3. The van der Waals surface area contributed by atoms with Crippen molar-refractivity contribution in [2.24, 2.45) is 11.8 Å². The van der Waals surface area contributed by atoms with Gasteiger partial charge in [0.05, 0.1) is 12.5 Å². The summed E-state index contributed by atoms with van der Waals surface area (Å²) in [5.41, 5.74) is 0. The molecule has 0 aromatic carbocycles. The average Bonchev–Trinajstić information content (AvgIpc) is 2.71. The van der Waals surface area contributed by atoms with E-state index in [2.05, 4.69) is 17.2 Å². The first-order chi connectivity index (χ1) is 8.00. The monoisotopic (exact) mass is 260 g/mol. The molecule has 0 aromatic rings. The van der Waals surface area contributed by atoms with Crippen LogP contribution in [-0.4, -0.2) is 30.2 Å². The molecule has 0 heterocycles. The zero-order chi connectivity index (χ0) is 12.8. The summed E-state index contributed by atoms with van der Waals surface area (Å²) in [6, 6.07) is -0.345. The summed E-state index contributed by atoms with van der Waals surface area (Å²) in [6.45, 7) is 4.04. The van der Waals surface area contributed by atoms with Crippen LogP contribution in [0.5, 0.6) is 0 Å². The van der Waals surface area contributed by atoms with Crippen molar-refractivity contribution in [3.8, 4) is 0 Å². The number of rotatable bonds is 5. The molecule has 17 heavy (non-hydrogen) atoms. The Morgan fingerprint density at radius 2 is 2.06 bits per heavy atom. The Labute approximate surface area is 105 Å². The molecule has 2 unspecified atom stereocenters. The number of halogens is 1. The number of amides is 2. The summed E-state index contributed by atoms with van der Waals surface area (Å²) in [5, 5.41) is 14.5. The molecule has 3 N–H and O–H groups in total. The van der Waals surface area contributed by atoms with Crippen LogP contribution >= 0.6 is 11.6 Å². The number of carbonyl (C=O) groups excluding carboxylic acids is 1. The Bertz CT molecular complexity index is 320. The highest BCUT2D eigenvalue weighted by Gasteiger charge is 2.32. The fraction of sp³-hybridized carbons (Fsp3) is 0.636. The smallest absolute Gasteiger partial charge is 0.315 e. The molecular formula is C11H17ClN2O3. The molecule has 2 atom stereocenters. The van der Waals surface area contributed by atoms with E-state index in [-0.39, 0.29) is 24.4 Å². The van der Waals surface area contributed by atoms with Gasteiger partial charge in [0.2, 0.25) is 0 Å². The van der Waals surface area contributed by atoms with Gasteiger partial charge in [0.1, 0.15) is 0 Å². The Morgan fingerprint density at radius 3 is 2.65 bits per heavy atom. The number of hydrogen-bond donors (Lipinski definition) is 3. The molecule has 5 nitrogen and oxygen atoms in total. The molecule has 1 aliphatic carbocycles. The van der Waals surface area contributed by atoms with Crippen LogP contribution in [0.15, 0.2) is 11.6 Å². The van der Waals surface area contributed by atoms with Gasteiger partial charge < -0.3 is 15.7 Å². The third kappa shape index (κ3) is 4.65. The predicted octanol–water partition coefficient (Wildman–Crippen LogP) is 1.54. The van der Waals surface area contributed by atoms with E-state index < -0.39 is 5.97 Å². The highest BCUT2D eigenvalue weighted by molar-refractivity contribution is 6.29. The maximum Gasteiger partial charge on any atom is 0.315 e. The Kier molecular flexibility index (Phi) is 5.28. The lowest BCUT2D eigenvalue weighted by molar-refractivity contribution is -0.142. The minimum atomic E-state index is -0.774. The number of carboxylic acids is 1. The molecule has 0 aliphatic heterocycles. The average molecular weight is 261 g/mol. The highest BCUT2D eigenvalue weighted by atomic mass is 35.5. The molecule has 0 bridgehead atoms. The van der Waals surface area contributed by atoms with Gasteiger partial charge >= 0.3 is 12.0 Å². The summed E-state index contributed by atoms with van der Waals surface area (Å²) < 4.78 is 0. The van der Waals surface area contributed by atoms with Crippen LogP contribution in [0.3, 0.4) is 0 Å². The summed E-state index contributed by atoms with van der Waals surface area (Å²) in [4.78, 5) is 22.2. The highest BCUT2D eigenvalue weighted by Crippen LogP contribution is 2.31. The number of hydrogen-bond acceptors (Lipinski definition) is 2. The van der Waals surface area contributed by atoms with Crippen LogP contribution in [0.2, 0.25) is 0 Å². The molecule has 1 rings (SSSR count). The van der Waals surface area contributed by atoms with Gasteiger partial charge in [-0.15, -0.1) is 0 Å². The van der Waals surface area contributed by atoms with Gasteiger partial charge in [-0.2, -0.15) is 0 Å². The zero-order valence-electron chi connectivity index (χ0n) is 9.54. The molecule has 2 amide bonds. The molecule has 0 radical (unpaired) electrons. The predicted molar refractivity (Wildman–Crippen MR) is 64.9 cm³/mol. The van der Waals surface area contributed by atoms with Gasteiger partial charge in [0, 0.05) is 11.6 Å². The SMILES string of the molecule is C=C(Cl)CNC(=O)NCC1CCCC1C(=O)O. The van der Waals surface area contributed by atoms with Crippen molar-refractivity contribution in [2.75, 3.05) is 13.1 Å². The van der Waals surface area contributed by atoms with Crippen molar-refractivity contribution >= 4 is 23.6 Å². The first-order valence-electron chi connectivity index (χ1n) is 5.58. The van der Waals surface area contributed by atoms with E-state index in [9.17, 15) is 9.59 Å². The van der Waals surface area contributed by atoms with E-state index in [1.54, 1.807) is 0 Å². The second kappa shape index (κ2) is 6.49. The van der Waals surface area contributed by atoms with Gasteiger partial charge in [-0.1, -0.05) is 24.6 Å². The van der Waals surface area contributed by atoms with E-state index in [1.807, 2.05) is 0 Å². The minimum Gasteiger partial charge on any atom is -0.481 e. The van der Waals surface area contributed by atoms with Gasteiger partial charge in [0.15, 0.2) is 0 Å². The lowest BCUT2D eigenvalue weighted by Crippen LogP contribution is -2.40. The molecule has 96 valence electrons. The normalized spacial score (nSPS) is 23.1. The van der Waals surface area contributed by atoms with Crippen LogP contribution in [0.25, 0.3) is 0 Å². The standard InChI is InChI=1S/C11H17ClN2O3/c1-7(12)5-13-11(17)14-6-8-3-2-4-9(8)10(15)16/h8-9H,1-6H2,(H,15,16)(H2,13,14,17). The van der Waals surface area contributed by atoms with Crippen LogP contribution in [-0.2, 0) is 4.79 Å². The third-order valence-corrected chi connectivity index (χ3v) is 3.08. The van der Waals surface area contributed by atoms with Crippen molar-refractivity contribution in [3.05, 3.63) is 11.6 Å². The van der Waals surface area contributed by atoms with Crippen molar-refractivity contribution in [1.82, 2.24) is 10.6 Å². The summed E-state index contributed by atoms with van der Waals surface area (Å²) in [7, 11) is 0. The summed E-state index contributed by atoms with van der Waals surface area (Å²) in [6.07, 6.45) is 2.45. The van der Waals surface area contributed by atoms with Gasteiger partial charge in [0.25, 0.3) is 0 Å². The number of nitrogens with one attached hydrogen (secondary N) is 2. The number of carboxylic acid groups (broad SMARTS) is 1. The first kappa shape index (κ1) is 13.8.